The van der Waals surface area contributed by atoms with E-state index in [2.05, 4.69) is 15.7 Å². The van der Waals surface area contributed by atoms with E-state index in [1.807, 2.05) is 0 Å². The van der Waals surface area contributed by atoms with Gasteiger partial charge in [0.1, 0.15) is 17.9 Å². The Bertz CT molecular complexity index is 1210. The SMILES string of the molecule is Cc1cc(C(=O)Nc2cccc(C(=O)c3ccc4c(c3)NC(=O)C4C=O)c2)n(C)n1. The molecule has 0 aliphatic carbocycles. The number of aryl methyl sites for hydroxylation is 2. The maximum atomic E-state index is 12.9. The molecule has 30 heavy (non-hydrogen) atoms. The van der Waals surface area contributed by atoms with Crippen LogP contribution in [0.3, 0.4) is 0 Å². The maximum absolute atomic E-state index is 12.9. The van der Waals surface area contributed by atoms with Gasteiger partial charge in [-0.25, -0.2) is 0 Å². The predicted octanol–water partition coefficient (Wildman–Crippen LogP) is 2.45. The normalized spacial score (nSPS) is 14.7. The first-order valence-corrected chi connectivity index (χ1v) is 9.24. The average Bonchev–Trinajstić information content (AvgIpc) is 3.23. The zero-order valence-corrected chi connectivity index (χ0v) is 16.3. The molecule has 3 aromatic rings. The fourth-order valence-electron chi connectivity index (χ4n) is 3.49. The van der Waals surface area contributed by atoms with Crippen LogP contribution in [0.2, 0.25) is 0 Å². The summed E-state index contributed by atoms with van der Waals surface area (Å²) in [6.07, 6.45) is 0.582. The van der Waals surface area contributed by atoms with Gasteiger partial charge < -0.3 is 15.4 Å². The molecule has 8 nitrogen and oxygen atoms in total. The monoisotopic (exact) mass is 402 g/mol. The van der Waals surface area contributed by atoms with Gasteiger partial charge in [0.25, 0.3) is 5.91 Å². The van der Waals surface area contributed by atoms with Crippen molar-refractivity contribution in [2.75, 3.05) is 10.6 Å². The maximum Gasteiger partial charge on any atom is 0.273 e. The third-order valence-electron chi connectivity index (χ3n) is 4.94. The molecular formula is C22H18N4O4. The lowest BCUT2D eigenvalue weighted by molar-refractivity contribution is -0.121. The molecule has 1 unspecified atom stereocenters. The van der Waals surface area contributed by atoms with Crippen LogP contribution in [0.4, 0.5) is 11.4 Å². The standard InChI is InChI=1S/C22H18N4O4/c1-12-8-19(26(2)25-12)22(30)23-15-5-3-4-13(9-15)20(28)14-6-7-16-17(11-27)21(29)24-18(16)10-14/h3-11,17H,1-2H3,(H,23,30)(H,24,29). The van der Waals surface area contributed by atoms with E-state index in [-0.39, 0.29) is 11.7 Å². The van der Waals surface area contributed by atoms with Crippen molar-refractivity contribution in [1.82, 2.24) is 9.78 Å². The van der Waals surface area contributed by atoms with Gasteiger partial charge in [-0.1, -0.05) is 24.3 Å². The summed E-state index contributed by atoms with van der Waals surface area (Å²) in [4.78, 5) is 48.4. The van der Waals surface area contributed by atoms with Crippen molar-refractivity contribution < 1.29 is 19.2 Å². The van der Waals surface area contributed by atoms with Gasteiger partial charge >= 0.3 is 0 Å². The molecule has 4 rings (SSSR count). The number of ketones is 1. The minimum Gasteiger partial charge on any atom is -0.325 e. The molecule has 1 aliphatic heterocycles. The Morgan fingerprint density at radius 2 is 1.90 bits per heavy atom. The summed E-state index contributed by atoms with van der Waals surface area (Å²) in [5.41, 5.74) is 3.37. The summed E-state index contributed by atoms with van der Waals surface area (Å²) >= 11 is 0. The Hall–Kier alpha value is -4.07. The number of rotatable bonds is 5. The van der Waals surface area contributed by atoms with E-state index in [1.165, 1.54) is 4.68 Å². The molecule has 2 aromatic carbocycles. The molecular weight excluding hydrogens is 384 g/mol. The van der Waals surface area contributed by atoms with E-state index in [1.54, 1.807) is 62.5 Å². The number of anilines is 2. The number of hydrogen-bond donors (Lipinski definition) is 2. The second kappa shape index (κ2) is 7.40. The number of aromatic nitrogens is 2. The van der Waals surface area contributed by atoms with Crippen LogP contribution in [0.25, 0.3) is 0 Å². The molecule has 0 saturated heterocycles. The quantitative estimate of drug-likeness (QED) is 0.387. The number of nitrogens with one attached hydrogen (secondary N) is 2. The highest BCUT2D eigenvalue weighted by atomic mass is 16.2. The van der Waals surface area contributed by atoms with Gasteiger partial charge in [-0.15, -0.1) is 0 Å². The molecule has 1 aromatic heterocycles. The number of benzene rings is 2. The van der Waals surface area contributed by atoms with Crippen LogP contribution in [0.15, 0.2) is 48.5 Å². The summed E-state index contributed by atoms with van der Waals surface area (Å²) in [6, 6.07) is 13.0. The zero-order valence-electron chi connectivity index (χ0n) is 16.3. The molecule has 1 aliphatic rings. The highest BCUT2D eigenvalue weighted by molar-refractivity contribution is 6.14. The van der Waals surface area contributed by atoms with Gasteiger partial charge in [-0.2, -0.15) is 5.10 Å². The lowest BCUT2D eigenvalue weighted by Crippen LogP contribution is -2.16. The molecule has 0 fully saturated rings. The molecule has 1 atom stereocenters. The fraction of sp³-hybridized carbons (Fsp3) is 0.136. The molecule has 150 valence electrons. The van der Waals surface area contributed by atoms with Gasteiger partial charge in [-0.05, 0) is 36.8 Å². The number of carbonyl (C=O) groups excluding carboxylic acids is 4. The summed E-state index contributed by atoms with van der Waals surface area (Å²) in [7, 11) is 1.68. The largest absolute Gasteiger partial charge is 0.325 e. The second-order valence-electron chi connectivity index (χ2n) is 7.06. The minimum atomic E-state index is -0.849. The zero-order chi connectivity index (χ0) is 21.4. The van der Waals surface area contributed by atoms with Crippen LogP contribution in [0.5, 0.6) is 0 Å². The number of aldehydes is 1. The Labute approximate surface area is 171 Å². The first-order valence-electron chi connectivity index (χ1n) is 9.24. The van der Waals surface area contributed by atoms with E-state index in [9.17, 15) is 19.2 Å². The number of nitrogens with zero attached hydrogens (tertiary/aromatic N) is 2. The average molecular weight is 402 g/mol. The molecule has 2 N–H and O–H groups in total. The summed E-state index contributed by atoms with van der Waals surface area (Å²) < 4.78 is 1.49. The molecule has 0 spiro atoms. The van der Waals surface area contributed by atoms with Crippen LogP contribution in [0, 0.1) is 6.92 Å². The number of carbonyl (C=O) groups is 4. The Morgan fingerprint density at radius 1 is 1.13 bits per heavy atom. The lowest BCUT2D eigenvalue weighted by Gasteiger charge is -2.08. The Balaban J connectivity index is 1.57. The van der Waals surface area contributed by atoms with Crippen LogP contribution in [-0.2, 0) is 16.6 Å². The second-order valence-corrected chi connectivity index (χ2v) is 7.06. The van der Waals surface area contributed by atoms with Crippen LogP contribution in [-0.4, -0.2) is 33.7 Å². The van der Waals surface area contributed by atoms with Crippen LogP contribution < -0.4 is 10.6 Å². The van der Waals surface area contributed by atoms with Gasteiger partial charge in [0.2, 0.25) is 5.91 Å². The lowest BCUT2D eigenvalue weighted by atomic mass is 9.97. The van der Waals surface area contributed by atoms with Gasteiger partial charge in [-0.3, -0.25) is 19.1 Å². The van der Waals surface area contributed by atoms with Crippen LogP contribution >= 0.6 is 0 Å². The van der Waals surface area contributed by atoms with Crippen LogP contribution in [0.1, 0.15) is 43.6 Å². The fourth-order valence-corrected chi connectivity index (χ4v) is 3.49. The third kappa shape index (κ3) is 3.39. The molecule has 2 heterocycles. The van der Waals surface area contributed by atoms with E-state index in [0.29, 0.717) is 40.0 Å². The van der Waals surface area contributed by atoms with Crippen molar-refractivity contribution >= 4 is 35.3 Å². The van der Waals surface area contributed by atoms with E-state index in [0.717, 1.165) is 5.69 Å². The number of hydrogen-bond acceptors (Lipinski definition) is 5. The molecule has 0 saturated carbocycles. The minimum absolute atomic E-state index is 0.269. The predicted molar refractivity (Wildman–Crippen MR) is 110 cm³/mol. The van der Waals surface area contributed by atoms with E-state index in [4.69, 9.17) is 0 Å². The molecule has 2 amide bonds. The van der Waals surface area contributed by atoms with E-state index >= 15 is 0 Å². The van der Waals surface area contributed by atoms with Crippen molar-refractivity contribution in [1.29, 1.82) is 0 Å². The molecule has 0 bridgehead atoms. The first-order chi connectivity index (χ1) is 14.4. The first kappa shape index (κ1) is 19.3. The van der Waals surface area contributed by atoms with Gasteiger partial charge in [0, 0.05) is 29.5 Å². The third-order valence-corrected chi connectivity index (χ3v) is 4.94. The smallest absolute Gasteiger partial charge is 0.273 e. The number of amides is 2. The van der Waals surface area contributed by atoms with Gasteiger partial charge in [0.15, 0.2) is 5.78 Å². The Morgan fingerprint density at radius 3 is 2.60 bits per heavy atom. The van der Waals surface area contributed by atoms with Crippen molar-refractivity contribution in [2.24, 2.45) is 7.05 Å². The molecule has 0 radical (unpaired) electrons. The van der Waals surface area contributed by atoms with Crippen molar-refractivity contribution in [3.05, 3.63) is 76.6 Å². The molecule has 8 heteroatoms. The number of fused-ring (bicyclic) bond motifs is 1. The van der Waals surface area contributed by atoms with Crippen molar-refractivity contribution in [2.45, 2.75) is 12.8 Å². The van der Waals surface area contributed by atoms with Crippen molar-refractivity contribution in [3.63, 3.8) is 0 Å². The van der Waals surface area contributed by atoms with E-state index < -0.39 is 11.8 Å². The summed E-state index contributed by atoms with van der Waals surface area (Å²) in [5, 5.41) is 9.55. The van der Waals surface area contributed by atoms with Crippen molar-refractivity contribution in [3.8, 4) is 0 Å². The summed E-state index contributed by atoms with van der Waals surface area (Å²) in [6.45, 7) is 1.80. The summed E-state index contributed by atoms with van der Waals surface area (Å²) in [5.74, 6) is -1.85. The highest BCUT2D eigenvalue weighted by Gasteiger charge is 2.30. The highest BCUT2D eigenvalue weighted by Crippen LogP contribution is 2.32. The topological polar surface area (TPSA) is 110 Å². The Kier molecular flexibility index (Phi) is 4.75. The van der Waals surface area contributed by atoms with Gasteiger partial charge in [0.05, 0.1) is 5.69 Å².